The number of fused-ring (bicyclic) bond motifs is 1. The number of aliphatic hydroxyl groups excluding tert-OH is 2. The molecule has 1 unspecified atom stereocenters. The van der Waals surface area contributed by atoms with Gasteiger partial charge in [-0.3, -0.25) is 4.79 Å². The number of aliphatic hydroxyl groups is 2. The standard InChI is InChI=1S/C23H29NO4/c1-15(2)17-6-4-16(5-7-17)11-23(3)12-19-10-18(8-9-21(19)28-23)22(27)24-20(13-25)14-26/h4-10,15,20,25-26H,11-14H2,1-3H3,(H,24,27). The topological polar surface area (TPSA) is 78.8 Å². The van der Waals surface area contributed by atoms with Crippen molar-refractivity contribution >= 4 is 5.91 Å². The molecule has 5 heteroatoms. The lowest BCUT2D eigenvalue weighted by atomic mass is 9.90. The average Bonchev–Trinajstić information content (AvgIpc) is 3.00. The van der Waals surface area contributed by atoms with Crippen molar-refractivity contribution in [2.24, 2.45) is 0 Å². The molecule has 28 heavy (non-hydrogen) atoms. The van der Waals surface area contributed by atoms with Crippen molar-refractivity contribution in [1.29, 1.82) is 0 Å². The fourth-order valence-electron chi connectivity index (χ4n) is 3.63. The maximum absolute atomic E-state index is 12.3. The third-order valence-electron chi connectivity index (χ3n) is 5.24. The van der Waals surface area contributed by atoms with Crippen molar-refractivity contribution in [3.63, 3.8) is 0 Å². The lowest BCUT2D eigenvalue weighted by molar-refractivity contribution is 0.0879. The molecule has 150 valence electrons. The minimum absolute atomic E-state index is 0.302. The number of amides is 1. The summed E-state index contributed by atoms with van der Waals surface area (Å²) in [6.45, 7) is 5.86. The number of hydrogen-bond donors (Lipinski definition) is 3. The number of hydrogen-bond acceptors (Lipinski definition) is 4. The summed E-state index contributed by atoms with van der Waals surface area (Å²) in [6, 6.07) is 13.4. The van der Waals surface area contributed by atoms with Crippen LogP contribution in [0.4, 0.5) is 0 Å². The highest BCUT2D eigenvalue weighted by atomic mass is 16.5. The van der Waals surface area contributed by atoms with Crippen LogP contribution in [0.2, 0.25) is 0 Å². The molecule has 2 aromatic carbocycles. The molecule has 1 amide bonds. The molecular weight excluding hydrogens is 354 g/mol. The van der Waals surface area contributed by atoms with E-state index in [1.807, 2.05) is 12.1 Å². The summed E-state index contributed by atoms with van der Waals surface area (Å²) in [6.07, 6.45) is 1.51. The third-order valence-corrected chi connectivity index (χ3v) is 5.24. The number of ether oxygens (including phenoxy) is 1. The third kappa shape index (κ3) is 4.54. The van der Waals surface area contributed by atoms with E-state index < -0.39 is 6.04 Å². The van der Waals surface area contributed by atoms with Crippen LogP contribution in [-0.2, 0) is 12.8 Å². The second-order valence-electron chi connectivity index (χ2n) is 8.16. The van der Waals surface area contributed by atoms with E-state index in [0.29, 0.717) is 11.5 Å². The number of nitrogens with one attached hydrogen (secondary N) is 1. The Balaban J connectivity index is 1.70. The number of carbonyl (C=O) groups excluding carboxylic acids is 1. The Kier molecular flexibility index (Phi) is 6.06. The molecule has 0 bridgehead atoms. The van der Waals surface area contributed by atoms with Gasteiger partial charge in [-0.15, -0.1) is 0 Å². The first-order chi connectivity index (χ1) is 13.3. The maximum Gasteiger partial charge on any atom is 0.251 e. The molecule has 0 fully saturated rings. The number of rotatable bonds is 7. The van der Waals surface area contributed by atoms with Gasteiger partial charge in [-0.1, -0.05) is 38.1 Å². The smallest absolute Gasteiger partial charge is 0.251 e. The van der Waals surface area contributed by atoms with Crippen LogP contribution in [-0.4, -0.2) is 41.0 Å². The summed E-state index contributed by atoms with van der Waals surface area (Å²) in [5, 5.41) is 20.9. The summed E-state index contributed by atoms with van der Waals surface area (Å²) in [7, 11) is 0. The lowest BCUT2D eigenvalue weighted by Gasteiger charge is -2.24. The molecule has 1 atom stereocenters. The molecule has 0 radical (unpaired) electrons. The van der Waals surface area contributed by atoms with E-state index in [0.717, 1.165) is 24.2 Å². The second kappa shape index (κ2) is 8.33. The Labute approximate surface area is 166 Å². The zero-order valence-electron chi connectivity index (χ0n) is 16.7. The van der Waals surface area contributed by atoms with E-state index >= 15 is 0 Å². The molecule has 0 saturated heterocycles. The normalized spacial score (nSPS) is 18.2. The molecule has 3 rings (SSSR count). The van der Waals surface area contributed by atoms with Crippen molar-refractivity contribution in [3.05, 3.63) is 64.7 Å². The van der Waals surface area contributed by atoms with Crippen LogP contribution in [0.25, 0.3) is 0 Å². The highest BCUT2D eigenvalue weighted by Gasteiger charge is 2.35. The van der Waals surface area contributed by atoms with Crippen molar-refractivity contribution in [1.82, 2.24) is 5.32 Å². The van der Waals surface area contributed by atoms with E-state index in [1.54, 1.807) is 6.07 Å². The molecule has 1 heterocycles. The van der Waals surface area contributed by atoms with Gasteiger partial charge in [0.25, 0.3) is 5.91 Å². The second-order valence-corrected chi connectivity index (χ2v) is 8.16. The Bertz CT molecular complexity index is 827. The van der Waals surface area contributed by atoms with Crippen molar-refractivity contribution in [3.8, 4) is 5.75 Å². The van der Waals surface area contributed by atoms with Crippen LogP contribution >= 0.6 is 0 Å². The molecule has 0 aromatic heterocycles. The Morgan fingerprint density at radius 2 is 1.82 bits per heavy atom. The molecule has 0 saturated carbocycles. The van der Waals surface area contributed by atoms with Crippen LogP contribution in [0, 0.1) is 0 Å². The van der Waals surface area contributed by atoms with E-state index in [1.165, 1.54) is 11.1 Å². The maximum atomic E-state index is 12.3. The lowest BCUT2D eigenvalue weighted by Crippen LogP contribution is -2.40. The zero-order chi connectivity index (χ0) is 20.3. The molecule has 0 spiro atoms. The fraction of sp³-hybridized carbons (Fsp3) is 0.435. The minimum Gasteiger partial charge on any atom is -0.487 e. The van der Waals surface area contributed by atoms with Crippen LogP contribution in [0.1, 0.15) is 53.7 Å². The minimum atomic E-state index is -0.656. The first-order valence-corrected chi connectivity index (χ1v) is 9.77. The van der Waals surface area contributed by atoms with Crippen molar-refractivity contribution in [2.45, 2.75) is 51.2 Å². The number of benzene rings is 2. The van der Waals surface area contributed by atoms with E-state index in [4.69, 9.17) is 14.9 Å². The van der Waals surface area contributed by atoms with E-state index in [2.05, 4.69) is 50.4 Å². The highest BCUT2D eigenvalue weighted by molar-refractivity contribution is 5.94. The summed E-state index contributed by atoms with van der Waals surface area (Å²) in [4.78, 5) is 12.3. The summed E-state index contributed by atoms with van der Waals surface area (Å²) in [5.41, 5.74) is 3.70. The molecule has 1 aliphatic heterocycles. The largest absolute Gasteiger partial charge is 0.487 e. The van der Waals surface area contributed by atoms with Gasteiger partial charge in [-0.2, -0.15) is 0 Å². The van der Waals surface area contributed by atoms with Gasteiger partial charge in [-0.05, 0) is 47.7 Å². The van der Waals surface area contributed by atoms with E-state index in [-0.39, 0.29) is 24.7 Å². The first-order valence-electron chi connectivity index (χ1n) is 9.77. The molecule has 0 aliphatic carbocycles. The van der Waals surface area contributed by atoms with Gasteiger partial charge in [0.1, 0.15) is 11.4 Å². The fourth-order valence-corrected chi connectivity index (χ4v) is 3.63. The SMILES string of the molecule is CC(C)c1ccc(CC2(C)Cc3cc(C(=O)NC(CO)CO)ccc3O2)cc1. The number of carbonyl (C=O) groups is 1. The van der Waals surface area contributed by atoms with Gasteiger partial charge >= 0.3 is 0 Å². The Morgan fingerprint density at radius 1 is 1.14 bits per heavy atom. The van der Waals surface area contributed by atoms with Crippen molar-refractivity contribution in [2.75, 3.05) is 13.2 Å². The predicted molar refractivity (Wildman–Crippen MR) is 109 cm³/mol. The van der Waals surface area contributed by atoms with Crippen molar-refractivity contribution < 1.29 is 19.7 Å². The van der Waals surface area contributed by atoms with Gasteiger partial charge in [0, 0.05) is 18.4 Å². The quantitative estimate of drug-likeness (QED) is 0.687. The highest BCUT2D eigenvalue weighted by Crippen LogP contribution is 2.37. The molecule has 5 nitrogen and oxygen atoms in total. The first kappa shape index (κ1) is 20.4. The van der Waals surface area contributed by atoms with Gasteiger partial charge in [0.15, 0.2) is 0 Å². The van der Waals surface area contributed by atoms with E-state index in [9.17, 15) is 4.79 Å². The summed E-state index contributed by atoms with van der Waals surface area (Å²) < 4.78 is 6.22. The molecule has 2 aromatic rings. The summed E-state index contributed by atoms with van der Waals surface area (Å²) in [5.74, 6) is 1.00. The van der Waals surface area contributed by atoms with Gasteiger partial charge in [0.2, 0.25) is 0 Å². The molecular formula is C23H29NO4. The van der Waals surface area contributed by atoms with Gasteiger partial charge < -0.3 is 20.3 Å². The summed E-state index contributed by atoms with van der Waals surface area (Å²) >= 11 is 0. The van der Waals surface area contributed by atoms with Crippen LogP contribution < -0.4 is 10.1 Å². The van der Waals surface area contributed by atoms with Gasteiger partial charge in [0.05, 0.1) is 19.3 Å². The zero-order valence-corrected chi connectivity index (χ0v) is 16.7. The average molecular weight is 383 g/mol. The van der Waals surface area contributed by atoms with Crippen LogP contribution in [0.3, 0.4) is 0 Å². The predicted octanol–water partition coefficient (Wildman–Crippen LogP) is 2.83. The van der Waals surface area contributed by atoms with Crippen LogP contribution in [0.15, 0.2) is 42.5 Å². The van der Waals surface area contributed by atoms with Gasteiger partial charge in [-0.25, -0.2) is 0 Å². The molecule has 3 N–H and O–H groups in total. The monoisotopic (exact) mass is 383 g/mol. The van der Waals surface area contributed by atoms with Crippen LogP contribution in [0.5, 0.6) is 5.75 Å². The Hall–Kier alpha value is -2.37. The molecule has 1 aliphatic rings. The Morgan fingerprint density at radius 3 is 2.43 bits per heavy atom.